The van der Waals surface area contributed by atoms with Gasteiger partial charge in [0.05, 0.1) is 11.4 Å². The van der Waals surface area contributed by atoms with Crippen LogP contribution in [0.4, 0.5) is 0 Å². The molecule has 0 saturated carbocycles. The van der Waals surface area contributed by atoms with Gasteiger partial charge in [0.15, 0.2) is 5.65 Å². The number of hydrogen-bond donors (Lipinski definition) is 0. The molecule has 0 aromatic carbocycles. The predicted octanol–water partition coefficient (Wildman–Crippen LogP) is 1.96. The van der Waals surface area contributed by atoms with Crippen LogP contribution in [0.5, 0.6) is 0 Å². The van der Waals surface area contributed by atoms with Crippen LogP contribution in [0, 0.1) is 0 Å². The van der Waals surface area contributed by atoms with E-state index in [1.54, 1.807) is 16.9 Å². The smallest absolute Gasteiger partial charge is 0.232 e. The molecule has 7 heteroatoms. The van der Waals surface area contributed by atoms with Crippen LogP contribution in [0.1, 0.15) is 31.0 Å². The van der Waals surface area contributed by atoms with E-state index < -0.39 is 9.05 Å². The Balaban J connectivity index is 2.27. The lowest BCUT2D eigenvalue weighted by atomic mass is 10.1. The quantitative estimate of drug-likeness (QED) is 0.807. The number of aromatic nitrogens is 3. The van der Waals surface area contributed by atoms with Gasteiger partial charge in [-0.3, -0.25) is 0 Å². The molecule has 5 nitrogen and oxygen atoms in total. The Morgan fingerprint density at radius 2 is 2.17 bits per heavy atom. The summed E-state index contributed by atoms with van der Waals surface area (Å²) in [5.41, 5.74) is 2.52. The first kappa shape index (κ1) is 13.3. The third-order valence-electron chi connectivity index (χ3n) is 2.61. The highest BCUT2D eigenvalue weighted by molar-refractivity contribution is 8.13. The summed E-state index contributed by atoms with van der Waals surface area (Å²) in [7, 11) is 1.71. The minimum Gasteiger partial charge on any atom is -0.237 e. The Hall–Kier alpha value is -1.14. The summed E-state index contributed by atoms with van der Waals surface area (Å²) in [4.78, 5) is 4.25. The van der Waals surface area contributed by atoms with Crippen molar-refractivity contribution in [1.29, 1.82) is 0 Å². The van der Waals surface area contributed by atoms with Crippen molar-refractivity contribution < 1.29 is 8.42 Å². The van der Waals surface area contributed by atoms with Crippen molar-refractivity contribution in [3.8, 4) is 0 Å². The molecule has 0 unspecified atom stereocenters. The first-order valence-corrected chi connectivity index (χ1v) is 8.09. The van der Waals surface area contributed by atoms with E-state index in [2.05, 4.69) is 23.9 Å². The fraction of sp³-hybridized carbons (Fsp3) is 0.455. The molecule has 98 valence electrons. The van der Waals surface area contributed by atoms with Gasteiger partial charge in [-0.15, -0.1) is 0 Å². The molecule has 0 aliphatic carbocycles. The topological polar surface area (TPSA) is 64.3 Å². The Morgan fingerprint density at radius 1 is 1.44 bits per heavy atom. The largest absolute Gasteiger partial charge is 0.237 e. The number of rotatable bonds is 4. The molecule has 0 bridgehead atoms. The molecule has 0 aliphatic rings. The van der Waals surface area contributed by atoms with E-state index in [0.29, 0.717) is 12.3 Å². The highest BCUT2D eigenvalue weighted by Crippen LogP contribution is 2.14. The van der Waals surface area contributed by atoms with E-state index in [1.807, 2.05) is 6.07 Å². The molecule has 2 aromatic rings. The van der Waals surface area contributed by atoms with Crippen molar-refractivity contribution in [2.45, 2.75) is 26.2 Å². The van der Waals surface area contributed by atoms with Crippen molar-refractivity contribution in [1.82, 2.24) is 14.6 Å². The molecule has 0 aliphatic heterocycles. The van der Waals surface area contributed by atoms with E-state index in [0.717, 1.165) is 16.9 Å². The Labute approximate surface area is 110 Å². The highest BCUT2D eigenvalue weighted by atomic mass is 35.7. The molecular weight excluding hydrogens is 274 g/mol. The van der Waals surface area contributed by atoms with Gasteiger partial charge in [-0.2, -0.15) is 5.10 Å². The maximum absolute atomic E-state index is 10.9. The summed E-state index contributed by atoms with van der Waals surface area (Å²) >= 11 is 0. The van der Waals surface area contributed by atoms with Gasteiger partial charge in [-0.1, -0.05) is 13.8 Å². The summed E-state index contributed by atoms with van der Waals surface area (Å²) in [6.45, 7) is 4.12. The van der Waals surface area contributed by atoms with Crippen molar-refractivity contribution >= 4 is 25.4 Å². The zero-order valence-corrected chi connectivity index (χ0v) is 11.7. The second kappa shape index (κ2) is 4.85. The molecule has 2 heterocycles. The van der Waals surface area contributed by atoms with Gasteiger partial charge < -0.3 is 0 Å². The maximum Gasteiger partial charge on any atom is 0.232 e. The lowest BCUT2D eigenvalue weighted by Crippen LogP contribution is -2.03. The van der Waals surface area contributed by atoms with Crippen molar-refractivity contribution in [2.24, 2.45) is 0 Å². The Kier molecular flexibility index (Phi) is 3.59. The molecule has 0 N–H and O–H groups in total. The Bertz CT molecular complexity index is 664. The molecule has 0 radical (unpaired) electrons. The first-order chi connectivity index (χ1) is 8.35. The van der Waals surface area contributed by atoms with Crippen LogP contribution >= 0.6 is 10.7 Å². The standard InChI is InChI=1S/C11H14ClN3O2S/c1-8(2)10-5-11-13-6-9(7-15(11)14-10)3-4-18(12,16)17/h5-8H,3-4H2,1-2H3. The summed E-state index contributed by atoms with van der Waals surface area (Å²) < 4.78 is 23.4. The number of aryl methyl sites for hydroxylation is 1. The lowest BCUT2D eigenvalue weighted by molar-refractivity contribution is 0.608. The summed E-state index contributed by atoms with van der Waals surface area (Å²) in [5, 5.41) is 4.39. The average molecular weight is 288 g/mol. The van der Waals surface area contributed by atoms with Gasteiger partial charge in [-0.25, -0.2) is 17.9 Å². The molecule has 0 spiro atoms. The molecular formula is C11H14ClN3O2S. The SMILES string of the molecule is CC(C)c1cc2ncc(CCS(=O)(=O)Cl)cn2n1. The Morgan fingerprint density at radius 3 is 2.78 bits per heavy atom. The minimum atomic E-state index is -3.47. The van der Waals surface area contributed by atoms with Gasteiger partial charge in [0.2, 0.25) is 9.05 Å². The first-order valence-electron chi connectivity index (χ1n) is 5.62. The van der Waals surface area contributed by atoms with Crippen molar-refractivity contribution in [3.05, 3.63) is 29.7 Å². The molecule has 2 rings (SSSR count). The van der Waals surface area contributed by atoms with Crippen LogP contribution in [-0.4, -0.2) is 28.8 Å². The minimum absolute atomic E-state index is 0.0972. The van der Waals surface area contributed by atoms with Gasteiger partial charge >= 0.3 is 0 Å². The van der Waals surface area contributed by atoms with E-state index >= 15 is 0 Å². The van der Waals surface area contributed by atoms with Crippen LogP contribution in [0.3, 0.4) is 0 Å². The van der Waals surface area contributed by atoms with Gasteiger partial charge in [-0.05, 0) is 17.9 Å². The molecule has 0 atom stereocenters. The third-order valence-corrected chi connectivity index (χ3v) is 3.77. The average Bonchev–Trinajstić information content (AvgIpc) is 2.68. The van der Waals surface area contributed by atoms with Crippen LogP contribution < -0.4 is 0 Å². The lowest BCUT2D eigenvalue weighted by Gasteiger charge is -1.99. The van der Waals surface area contributed by atoms with Gasteiger partial charge in [0.25, 0.3) is 0 Å². The summed E-state index contributed by atoms with van der Waals surface area (Å²) in [6, 6.07) is 1.92. The molecule has 0 saturated heterocycles. The van der Waals surface area contributed by atoms with E-state index in [1.165, 1.54) is 0 Å². The fourth-order valence-corrected chi connectivity index (χ4v) is 2.30. The van der Waals surface area contributed by atoms with Crippen molar-refractivity contribution in [3.63, 3.8) is 0 Å². The van der Waals surface area contributed by atoms with E-state index in [-0.39, 0.29) is 5.75 Å². The highest BCUT2D eigenvalue weighted by Gasteiger charge is 2.09. The third kappa shape index (κ3) is 3.20. The normalized spacial score (nSPS) is 12.4. The second-order valence-corrected chi connectivity index (χ2v) is 7.38. The van der Waals surface area contributed by atoms with Crippen LogP contribution in [0.25, 0.3) is 5.65 Å². The second-order valence-electron chi connectivity index (χ2n) is 4.48. The summed E-state index contributed by atoms with van der Waals surface area (Å²) in [6.07, 6.45) is 3.78. The number of hydrogen-bond acceptors (Lipinski definition) is 4. The van der Waals surface area contributed by atoms with Gasteiger partial charge in [0.1, 0.15) is 0 Å². The van der Waals surface area contributed by atoms with Crippen molar-refractivity contribution in [2.75, 3.05) is 5.75 Å². The molecule has 0 fully saturated rings. The van der Waals surface area contributed by atoms with Crippen LogP contribution in [0.2, 0.25) is 0 Å². The molecule has 2 aromatic heterocycles. The summed E-state index contributed by atoms with van der Waals surface area (Å²) in [5.74, 6) is 0.235. The van der Waals surface area contributed by atoms with E-state index in [4.69, 9.17) is 10.7 Å². The number of nitrogens with zero attached hydrogens (tertiary/aromatic N) is 3. The van der Waals surface area contributed by atoms with Gasteiger partial charge in [0, 0.05) is 29.1 Å². The number of halogens is 1. The zero-order valence-electron chi connectivity index (χ0n) is 10.2. The molecule has 18 heavy (non-hydrogen) atoms. The number of fused-ring (bicyclic) bond motifs is 1. The monoisotopic (exact) mass is 287 g/mol. The fourth-order valence-electron chi connectivity index (χ4n) is 1.58. The molecule has 0 amide bonds. The van der Waals surface area contributed by atoms with Crippen LogP contribution in [0.15, 0.2) is 18.5 Å². The van der Waals surface area contributed by atoms with Crippen LogP contribution in [-0.2, 0) is 15.5 Å². The predicted molar refractivity (Wildman–Crippen MR) is 70.4 cm³/mol. The maximum atomic E-state index is 10.9. The zero-order chi connectivity index (χ0) is 13.3. The van der Waals surface area contributed by atoms with E-state index in [9.17, 15) is 8.42 Å².